The van der Waals surface area contributed by atoms with E-state index in [0.29, 0.717) is 12.8 Å². The van der Waals surface area contributed by atoms with Crippen LogP contribution >= 0.6 is 0 Å². The SMILES string of the molecule is CCOC(=O)CNC(=O)CNC(=O)C1CC(O)C1.COc1ccc(C)cc1. The lowest BCUT2D eigenvalue weighted by molar-refractivity contribution is -0.143. The van der Waals surface area contributed by atoms with Crippen molar-refractivity contribution < 1.29 is 29.0 Å². The van der Waals surface area contributed by atoms with Gasteiger partial charge in [0.05, 0.1) is 26.4 Å². The van der Waals surface area contributed by atoms with Gasteiger partial charge in [-0.2, -0.15) is 0 Å². The highest BCUT2D eigenvalue weighted by molar-refractivity contribution is 5.88. The first-order valence-corrected chi connectivity index (χ1v) is 8.84. The molecular weight excluding hydrogens is 352 g/mol. The molecule has 0 radical (unpaired) electrons. The molecule has 0 spiro atoms. The smallest absolute Gasteiger partial charge is 0.325 e. The van der Waals surface area contributed by atoms with Gasteiger partial charge in [0.2, 0.25) is 11.8 Å². The lowest BCUT2D eigenvalue weighted by Gasteiger charge is -2.29. The lowest BCUT2D eigenvalue weighted by Crippen LogP contribution is -2.45. The number of rotatable bonds is 7. The summed E-state index contributed by atoms with van der Waals surface area (Å²) in [7, 11) is 1.67. The summed E-state index contributed by atoms with van der Waals surface area (Å²) in [4.78, 5) is 33.6. The second-order valence-electron chi connectivity index (χ2n) is 6.14. The fraction of sp³-hybridized carbons (Fsp3) is 0.526. The Kier molecular flexibility index (Phi) is 9.89. The van der Waals surface area contributed by atoms with Crippen LogP contribution in [0, 0.1) is 12.8 Å². The number of aryl methyl sites for hydroxylation is 1. The normalized spacial score (nSPS) is 17.5. The zero-order valence-corrected chi connectivity index (χ0v) is 16.0. The van der Waals surface area contributed by atoms with E-state index in [1.165, 1.54) is 5.56 Å². The highest BCUT2D eigenvalue weighted by Crippen LogP contribution is 2.26. The molecule has 0 atom stereocenters. The van der Waals surface area contributed by atoms with Crippen molar-refractivity contribution >= 4 is 17.8 Å². The minimum absolute atomic E-state index is 0.176. The van der Waals surface area contributed by atoms with Crippen LogP contribution in [0.15, 0.2) is 24.3 Å². The molecule has 0 aliphatic heterocycles. The Morgan fingerprint density at radius 2 is 1.74 bits per heavy atom. The number of ether oxygens (including phenoxy) is 2. The van der Waals surface area contributed by atoms with Crippen LogP contribution in [-0.2, 0) is 19.1 Å². The molecule has 0 unspecified atom stereocenters. The largest absolute Gasteiger partial charge is 0.497 e. The first-order valence-electron chi connectivity index (χ1n) is 8.84. The number of methoxy groups -OCH3 is 1. The van der Waals surface area contributed by atoms with E-state index in [1.807, 2.05) is 24.3 Å². The molecule has 3 N–H and O–H groups in total. The molecule has 27 heavy (non-hydrogen) atoms. The van der Waals surface area contributed by atoms with Crippen LogP contribution in [0.1, 0.15) is 25.3 Å². The van der Waals surface area contributed by atoms with E-state index >= 15 is 0 Å². The topological polar surface area (TPSA) is 114 Å². The summed E-state index contributed by atoms with van der Waals surface area (Å²) in [6.45, 7) is 3.61. The quantitative estimate of drug-likeness (QED) is 0.596. The summed E-state index contributed by atoms with van der Waals surface area (Å²) >= 11 is 0. The molecule has 1 aromatic carbocycles. The number of carbonyl (C=O) groups is 3. The molecule has 1 saturated carbocycles. The molecule has 1 fully saturated rings. The summed E-state index contributed by atoms with van der Waals surface area (Å²) in [5.41, 5.74) is 1.26. The molecule has 8 heteroatoms. The summed E-state index contributed by atoms with van der Waals surface area (Å²) in [6, 6.07) is 7.96. The van der Waals surface area contributed by atoms with Crippen molar-refractivity contribution in [2.24, 2.45) is 5.92 Å². The maximum atomic E-state index is 11.4. The number of nitrogens with one attached hydrogen (secondary N) is 2. The highest BCUT2D eigenvalue weighted by Gasteiger charge is 2.32. The van der Waals surface area contributed by atoms with E-state index in [4.69, 9.17) is 9.84 Å². The number of aliphatic hydroxyl groups is 1. The standard InChI is InChI=1S/C11H18N2O5.C8H10O/c1-2-18-10(16)6-12-9(15)5-13-11(17)7-3-8(14)4-7;1-7-3-5-8(9-2)6-4-7/h7-8,14H,2-6H2,1H3,(H,12,15)(H,13,17);3-6H,1-2H3. The molecule has 2 amide bonds. The van der Waals surface area contributed by atoms with E-state index in [1.54, 1.807) is 14.0 Å². The molecule has 1 aliphatic carbocycles. The fourth-order valence-electron chi connectivity index (χ4n) is 2.23. The van der Waals surface area contributed by atoms with Gasteiger partial charge in [-0.3, -0.25) is 14.4 Å². The summed E-state index contributed by atoms with van der Waals surface area (Å²) in [5.74, 6) is -0.499. The second-order valence-corrected chi connectivity index (χ2v) is 6.14. The van der Waals surface area contributed by atoms with Gasteiger partial charge in [-0.25, -0.2) is 0 Å². The molecule has 150 valence electrons. The van der Waals surface area contributed by atoms with Crippen LogP contribution in [0.25, 0.3) is 0 Å². The van der Waals surface area contributed by atoms with Crippen molar-refractivity contribution in [1.29, 1.82) is 0 Å². The molecule has 2 rings (SSSR count). The number of benzene rings is 1. The molecule has 0 heterocycles. The molecule has 0 bridgehead atoms. The summed E-state index contributed by atoms with van der Waals surface area (Å²) in [6.07, 6.45) is 0.477. The summed E-state index contributed by atoms with van der Waals surface area (Å²) < 4.78 is 9.59. The predicted octanol–water partition coefficient (Wildman–Crippen LogP) is 0.556. The van der Waals surface area contributed by atoms with Crippen molar-refractivity contribution in [3.63, 3.8) is 0 Å². The number of aliphatic hydroxyl groups excluding tert-OH is 1. The van der Waals surface area contributed by atoms with Gasteiger partial charge in [-0.05, 0) is 38.8 Å². The van der Waals surface area contributed by atoms with E-state index in [9.17, 15) is 14.4 Å². The lowest BCUT2D eigenvalue weighted by atomic mass is 9.82. The molecule has 8 nitrogen and oxygen atoms in total. The monoisotopic (exact) mass is 380 g/mol. The van der Waals surface area contributed by atoms with Gasteiger partial charge >= 0.3 is 5.97 Å². The van der Waals surface area contributed by atoms with Crippen molar-refractivity contribution in [3.05, 3.63) is 29.8 Å². The minimum Gasteiger partial charge on any atom is -0.497 e. The number of hydrogen-bond acceptors (Lipinski definition) is 6. The predicted molar refractivity (Wildman–Crippen MR) is 99.1 cm³/mol. The van der Waals surface area contributed by atoms with Crippen molar-refractivity contribution in [2.75, 3.05) is 26.8 Å². The van der Waals surface area contributed by atoms with E-state index in [2.05, 4.69) is 22.3 Å². The number of carbonyl (C=O) groups excluding carboxylic acids is 3. The molecule has 1 aliphatic rings. The Bertz CT molecular complexity index is 611. The van der Waals surface area contributed by atoms with Gasteiger partial charge in [0.1, 0.15) is 12.3 Å². The molecule has 0 aromatic heterocycles. The Morgan fingerprint density at radius 1 is 1.11 bits per heavy atom. The number of amides is 2. The molecule has 1 aromatic rings. The fourth-order valence-corrected chi connectivity index (χ4v) is 2.23. The molecule has 0 saturated heterocycles. The van der Waals surface area contributed by atoms with Crippen LogP contribution < -0.4 is 15.4 Å². The minimum atomic E-state index is -0.515. The van der Waals surface area contributed by atoms with Gasteiger partial charge in [0, 0.05) is 5.92 Å². The third-order valence-corrected chi connectivity index (χ3v) is 3.90. The number of hydrogen-bond donors (Lipinski definition) is 3. The average molecular weight is 380 g/mol. The van der Waals surface area contributed by atoms with Crippen LogP contribution in [0.4, 0.5) is 0 Å². The first-order chi connectivity index (χ1) is 12.8. The van der Waals surface area contributed by atoms with Crippen molar-refractivity contribution in [1.82, 2.24) is 10.6 Å². The van der Waals surface area contributed by atoms with Gasteiger partial charge < -0.3 is 25.2 Å². The second kappa shape index (κ2) is 11.9. The molecular formula is C19H28N2O6. The zero-order valence-electron chi connectivity index (χ0n) is 16.0. The average Bonchev–Trinajstić information content (AvgIpc) is 2.63. The van der Waals surface area contributed by atoms with Crippen LogP contribution in [-0.4, -0.2) is 55.8 Å². The number of esters is 1. The Morgan fingerprint density at radius 3 is 2.26 bits per heavy atom. The Balaban J connectivity index is 0.000000337. The van der Waals surface area contributed by atoms with E-state index in [0.717, 1.165) is 5.75 Å². The van der Waals surface area contributed by atoms with E-state index in [-0.39, 0.29) is 31.5 Å². The van der Waals surface area contributed by atoms with Crippen LogP contribution in [0.2, 0.25) is 0 Å². The van der Waals surface area contributed by atoms with Crippen molar-refractivity contribution in [2.45, 2.75) is 32.8 Å². The van der Waals surface area contributed by atoms with E-state index < -0.39 is 18.0 Å². The first kappa shape index (κ1) is 22.4. The third kappa shape index (κ3) is 9.05. The Labute approximate surface area is 159 Å². The van der Waals surface area contributed by atoms with Gasteiger partial charge in [0.15, 0.2) is 0 Å². The van der Waals surface area contributed by atoms with Gasteiger partial charge in [-0.1, -0.05) is 17.7 Å². The van der Waals surface area contributed by atoms with Gasteiger partial charge in [0.25, 0.3) is 0 Å². The van der Waals surface area contributed by atoms with Crippen LogP contribution in [0.3, 0.4) is 0 Å². The van der Waals surface area contributed by atoms with Gasteiger partial charge in [-0.15, -0.1) is 0 Å². The Hall–Kier alpha value is -2.61. The zero-order chi connectivity index (χ0) is 20.2. The van der Waals surface area contributed by atoms with Crippen LogP contribution in [0.5, 0.6) is 5.75 Å². The maximum absolute atomic E-state index is 11.4. The maximum Gasteiger partial charge on any atom is 0.325 e. The summed E-state index contributed by atoms with van der Waals surface area (Å²) in [5, 5.41) is 13.8. The van der Waals surface area contributed by atoms with Crippen molar-refractivity contribution in [3.8, 4) is 5.75 Å². The third-order valence-electron chi connectivity index (χ3n) is 3.90. The highest BCUT2D eigenvalue weighted by atomic mass is 16.5.